The van der Waals surface area contributed by atoms with Gasteiger partial charge in [0.1, 0.15) is 12.2 Å². The summed E-state index contributed by atoms with van der Waals surface area (Å²) in [4.78, 5) is 24.4. The van der Waals surface area contributed by atoms with Crippen LogP contribution >= 0.6 is 0 Å². The van der Waals surface area contributed by atoms with Gasteiger partial charge >= 0.3 is 11.9 Å². The zero-order valence-electron chi connectivity index (χ0n) is 15.4. The van der Waals surface area contributed by atoms with E-state index in [0.29, 0.717) is 12.8 Å². The molecule has 2 saturated carbocycles. The molecular weight excluding hydrogens is 323 g/mol. The lowest BCUT2D eigenvalue weighted by atomic mass is 9.67. The molecule has 2 fully saturated rings. The number of hydrogen-bond donors (Lipinski definition) is 0. The van der Waals surface area contributed by atoms with Gasteiger partial charge in [0, 0.05) is 11.5 Å². The number of carbonyl (C=O) groups excluding carboxylic acids is 2. The normalized spacial score (nSPS) is 19.2. The molecule has 0 amide bonds. The number of rotatable bonds is 6. The summed E-state index contributed by atoms with van der Waals surface area (Å²) in [6.45, 7) is 1.99. The van der Waals surface area contributed by atoms with Crippen molar-refractivity contribution in [1.82, 2.24) is 0 Å². The van der Waals surface area contributed by atoms with E-state index < -0.39 is 0 Å². The highest BCUT2D eigenvalue weighted by atomic mass is 16.5. The van der Waals surface area contributed by atoms with Gasteiger partial charge in [0.25, 0.3) is 0 Å². The first-order chi connectivity index (χ1) is 11.2. The van der Waals surface area contributed by atoms with Crippen LogP contribution in [0.4, 0.5) is 0 Å². The molecule has 2 aliphatic carbocycles. The maximum Gasteiger partial charge on any atom is 0.330 e. The average Bonchev–Trinajstić information content (AvgIpc) is 2.56. The minimum atomic E-state index is -0.388. The Hall–Kier alpha value is -1.34. The zero-order valence-corrected chi connectivity index (χ0v) is 15.4. The third kappa shape index (κ3) is 8.54. The molecule has 144 valence electrons. The Balaban J connectivity index is 0.00000288. The van der Waals surface area contributed by atoms with Crippen molar-refractivity contribution in [3.05, 3.63) is 11.5 Å². The minimum Gasteiger partial charge on any atom is -0.460 e. The van der Waals surface area contributed by atoms with E-state index in [1.807, 2.05) is 6.92 Å². The molecule has 2 aliphatic rings. The van der Waals surface area contributed by atoms with Crippen LogP contribution in [0.25, 0.3) is 0 Å². The molecule has 25 heavy (non-hydrogen) atoms. The van der Waals surface area contributed by atoms with Crippen LogP contribution in [0.2, 0.25) is 6.32 Å². The lowest BCUT2D eigenvalue weighted by Crippen LogP contribution is -2.25. The third-order valence-corrected chi connectivity index (χ3v) is 4.73. The Morgan fingerprint density at radius 3 is 1.84 bits per heavy atom. The van der Waals surface area contributed by atoms with Gasteiger partial charge in [0.05, 0.1) is 0 Å². The van der Waals surface area contributed by atoms with E-state index in [2.05, 4.69) is 0 Å². The highest BCUT2D eigenvalue weighted by Crippen LogP contribution is 2.22. The molecule has 6 nitrogen and oxygen atoms in total. The molecule has 0 aromatic heterocycles. The first-order valence-electron chi connectivity index (χ1n) is 9.31. The van der Waals surface area contributed by atoms with Crippen molar-refractivity contribution in [2.45, 2.75) is 89.7 Å². The lowest BCUT2D eigenvalue weighted by molar-refractivity contribution is -0.147. The second-order valence-electron chi connectivity index (χ2n) is 6.78. The molecule has 0 saturated heterocycles. The van der Waals surface area contributed by atoms with Crippen LogP contribution in [-0.2, 0) is 19.1 Å². The standard InChI is InChI=1S/C18H29BO4.2H2O/c1-2-19-16(18(21)23-15-11-7-4-8-12-15)13-17(20)22-14-9-5-3-6-10-14;;/h13-15,19H,2-12H2,1H3;2*1H2/b16-13+;;. The summed E-state index contributed by atoms with van der Waals surface area (Å²) in [5, 5.41) is 0. The van der Waals surface area contributed by atoms with E-state index in [1.165, 1.54) is 18.9 Å². The van der Waals surface area contributed by atoms with Crippen molar-refractivity contribution in [2.24, 2.45) is 0 Å². The SMILES string of the molecule is CCB/C(=C/C(=O)OC1CCCCC1)C(=O)OC1CCCCC1.O.O. The highest BCUT2D eigenvalue weighted by Gasteiger charge is 2.22. The minimum absolute atomic E-state index is 0. The molecule has 0 unspecified atom stereocenters. The van der Waals surface area contributed by atoms with Gasteiger partial charge in [-0.2, -0.15) is 0 Å². The fourth-order valence-corrected chi connectivity index (χ4v) is 3.44. The maximum atomic E-state index is 12.3. The van der Waals surface area contributed by atoms with E-state index in [-0.39, 0.29) is 35.1 Å². The van der Waals surface area contributed by atoms with Gasteiger partial charge in [-0.3, -0.25) is 0 Å². The molecule has 0 bridgehead atoms. The number of hydrogen-bond acceptors (Lipinski definition) is 4. The van der Waals surface area contributed by atoms with Crippen LogP contribution in [0, 0.1) is 0 Å². The van der Waals surface area contributed by atoms with E-state index in [9.17, 15) is 9.59 Å². The van der Waals surface area contributed by atoms with Crippen LogP contribution in [0.1, 0.15) is 71.1 Å². The fourth-order valence-electron chi connectivity index (χ4n) is 3.44. The van der Waals surface area contributed by atoms with E-state index in [0.717, 1.165) is 57.7 Å². The van der Waals surface area contributed by atoms with Crippen LogP contribution in [0.5, 0.6) is 0 Å². The van der Waals surface area contributed by atoms with Gasteiger partial charge in [-0.25, -0.2) is 9.59 Å². The number of esters is 2. The maximum absolute atomic E-state index is 12.3. The highest BCUT2D eigenvalue weighted by molar-refractivity contribution is 6.54. The fraction of sp³-hybridized carbons (Fsp3) is 0.778. The van der Waals surface area contributed by atoms with Gasteiger partial charge in [-0.1, -0.05) is 26.1 Å². The molecule has 0 spiro atoms. The lowest BCUT2D eigenvalue weighted by Gasteiger charge is -2.23. The second-order valence-corrected chi connectivity index (χ2v) is 6.78. The Labute approximate surface area is 151 Å². The Morgan fingerprint density at radius 1 is 0.880 bits per heavy atom. The Bertz CT molecular complexity index is 425. The Kier molecular flexibility index (Phi) is 12.3. The summed E-state index contributed by atoms with van der Waals surface area (Å²) in [6.07, 6.45) is 12.9. The van der Waals surface area contributed by atoms with Crippen molar-refractivity contribution in [3.8, 4) is 0 Å². The zero-order chi connectivity index (χ0) is 16.5. The topological polar surface area (TPSA) is 116 Å². The van der Waals surface area contributed by atoms with Gasteiger partial charge in [-0.15, -0.1) is 0 Å². The molecule has 4 N–H and O–H groups in total. The van der Waals surface area contributed by atoms with Gasteiger partial charge in [0.2, 0.25) is 0 Å². The van der Waals surface area contributed by atoms with Crippen LogP contribution in [0.3, 0.4) is 0 Å². The molecule has 0 heterocycles. The molecule has 0 radical (unpaired) electrons. The van der Waals surface area contributed by atoms with Crippen molar-refractivity contribution >= 4 is 19.2 Å². The van der Waals surface area contributed by atoms with E-state index >= 15 is 0 Å². The molecule has 0 aliphatic heterocycles. The summed E-state index contributed by atoms with van der Waals surface area (Å²) in [7, 11) is 0.561. The number of ether oxygens (including phenoxy) is 2. The summed E-state index contributed by atoms with van der Waals surface area (Å²) >= 11 is 0. The smallest absolute Gasteiger partial charge is 0.330 e. The van der Waals surface area contributed by atoms with Gasteiger partial charge in [-0.05, 0) is 51.4 Å². The first-order valence-corrected chi connectivity index (χ1v) is 9.31. The van der Waals surface area contributed by atoms with Crippen molar-refractivity contribution in [1.29, 1.82) is 0 Å². The largest absolute Gasteiger partial charge is 0.460 e. The average molecular weight is 356 g/mol. The summed E-state index contributed by atoms with van der Waals surface area (Å²) < 4.78 is 11.1. The van der Waals surface area contributed by atoms with E-state index in [4.69, 9.17) is 9.47 Å². The summed E-state index contributed by atoms with van der Waals surface area (Å²) in [5.41, 5.74) is 0.457. The number of carbonyl (C=O) groups is 2. The molecule has 0 aromatic rings. The molecule has 7 heteroatoms. The predicted molar refractivity (Wildman–Crippen MR) is 98.9 cm³/mol. The molecule has 2 rings (SSSR count). The van der Waals surface area contributed by atoms with Crippen molar-refractivity contribution in [2.75, 3.05) is 0 Å². The molecule has 0 aromatic carbocycles. The second kappa shape index (κ2) is 12.9. The third-order valence-electron chi connectivity index (χ3n) is 4.73. The molecule has 0 atom stereocenters. The first kappa shape index (κ1) is 23.7. The summed E-state index contributed by atoms with van der Waals surface area (Å²) in [6, 6.07) is 0. The van der Waals surface area contributed by atoms with Crippen LogP contribution in [0.15, 0.2) is 11.5 Å². The van der Waals surface area contributed by atoms with Crippen LogP contribution < -0.4 is 0 Å². The monoisotopic (exact) mass is 356 g/mol. The predicted octanol–water partition coefficient (Wildman–Crippen LogP) is 1.85. The van der Waals surface area contributed by atoms with Gasteiger partial charge in [0.15, 0.2) is 7.28 Å². The van der Waals surface area contributed by atoms with Gasteiger partial charge < -0.3 is 20.4 Å². The molecular formula is C18H33BO6. The summed E-state index contributed by atoms with van der Waals surface area (Å²) in [5.74, 6) is -0.722. The van der Waals surface area contributed by atoms with Crippen LogP contribution in [-0.4, -0.2) is 42.4 Å². The van der Waals surface area contributed by atoms with Crippen molar-refractivity contribution < 1.29 is 30.0 Å². The Morgan fingerprint density at radius 2 is 1.36 bits per heavy atom. The quantitative estimate of drug-likeness (QED) is 0.410. The van der Waals surface area contributed by atoms with Crippen molar-refractivity contribution in [3.63, 3.8) is 0 Å². The van der Waals surface area contributed by atoms with E-state index in [1.54, 1.807) is 0 Å².